The molecule has 128 valence electrons. The zero-order chi connectivity index (χ0) is 16.6. The normalized spacial score (nSPS) is 34.1. The summed E-state index contributed by atoms with van der Waals surface area (Å²) in [7, 11) is 1.88. The molecule has 4 aliphatic carbocycles. The molecule has 6 nitrogen and oxygen atoms in total. The van der Waals surface area contributed by atoms with Crippen LogP contribution in [0, 0.1) is 23.7 Å². The Labute approximate surface area is 137 Å². The van der Waals surface area contributed by atoms with Crippen LogP contribution in [-0.2, 0) is 14.4 Å². The average molecular weight is 321 g/mol. The van der Waals surface area contributed by atoms with E-state index in [4.69, 9.17) is 0 Å². The third-order valence-corrected chi connectivity index (χ3v) is 5.95. The van der Waals surface area contributed by atoms with Gasteiger partial charge in [0.2, 0.25) is 17.7 Å². The van der Waals surface area contributed by atoms with Gasteiger partial charge < -0.3 is 15.5 Å². The first-order valence-electron chi connectivity index (χ1n) is 8.70. The van der Waals surface area contributed by atoms with E-state index in [9.17, 15) is 14.4 Å². The number of carbonyl (C=O) groups is 3. The SMILES string of the molecule is CC(=O)NCC(=O)NCC(=O)N(C)C1C2CC3CC(C2)CC1C3. The minimum atomic E-state index is -0.327. The maximum absolute atomic E-state index is 12.4. The summed E-state index contributed by atoms with van der Waals surface area (Å²) in [4.78, 5) is 36.7. The molecule has 0 saturated heterocycles. The van der Waals surface area contributed by atoms with Gasteiger partial charge in [-0.1, -0.05) is 0 Å². The van der Waals surface area contributed by atoms with E-state index in [0.29, 0.717) is 17.9 Å². The van der Waals surface area contributed by atoms with E-state index in [1.165, 1.54) is 39.0 Å². The maximum Gasteiger partial charge on any atom is 0.241 e. The Balaban J connectivity index is 1.50. The van der Waals surface area contributed by atoms with E-state index in [1.54, 1.807) is 0 Å². The Hall–Kier alpha value is -1.59. The molecule has 4 rings (SSSR count). The van der Waals surface area contributed by atoms with Crippen molar-refractivity contribution in [2.75, 3.05) is 20.1 Å². The summed E-state index contributed by atoms with van der Waals surface area (Å²) < 4.78 is 0. The Morgan fingerprint density at radius 2 is 1.48 bits per heavy atom. The summed E-state index contributed by atoms with van der Waals surface area (Å²) in [6.45, 7) is 1.29. The standard InChI is InChI=1S/C17H27N3O3/c1-10(21)18-8-15(22)19-9-16(23)20(2)17-13-4-11-3-12(6-13)7-14(17)5-11/h11-14,17H,3-9H2,1-2H3,(H,18,21)(H,19,22). The van der Waals surface area contributed by atoms with Crippen LogP contribution in [0.25, 0.3) is 0 Å². The van der Waals surface area contributed by atoms with Gasteiger partial charge in [-0.05, 0) is 55.8 Å². The Kier molecular flexibility index (Phi) is 4.60. The predicted molar refractivity (Wildman–Crippen MR) is 85.3 cm³/mol. The summed E-state index contributed by atoms with van der Waals surface area (Å²) in [6.07, 6.45) is 6.47. The number of hydrogen-bond acceptors (Lipinski definition) is 3. The molecule has 0 spiro atoms. The largest absolute Gasteiger partial charge is 0.347 e. The molecule has 4 aliphatic rings. The molecular formula is C17H27N3O3. The van der Waals surface area contributed by atoms with Gasteiger partial charge in [-0.25, -0.2) is 0 Å². The Bertz CT molecular complexity index is 477. The summed E-state index contributed by atoms with van der Waals surface area (Å²) in [5.74, 6) is 2.46. The minimum absolute atomic E-state index is 0.0116. The van der Waals surface area contributed by atoms with Crippen molar-refractivity contribution in [2.45, 2.75) is 45.1 Å². The monoisotopic (exact) mass is 321 g/mol. The van der Waals surface area contributed by atoms with Crippen LogP contribution in [0.4, 0.5) is 0 Å². The lowest BCUT2D eigenvalue weighted by molar-refractivity contribution is -0.141. The molecule has 0 atom stereocenters. The molecule has 0 aromatic heterocycles. The lowest BCUT2D eigenvalue weighted by Gasteiger charge is -2.56. The fourth-order valence-electron chi connectivity index (χ4n) is 5.26. The first-order chi connectivity index (χ1) is 10.9. The van der Waals surface area contributed by atoms with Crippen molar-refractivity contribution < 1.29 is 14.4 Å². The van der Waals surface area contributed by atoms with Gasteiger partial charge in [0.05, 0.1) is 13.1 Å². The minimum Gasteiger partial charge on any atom is -0.347 e. The number of rotatable bonds is 5. The van der Waals surface area contributed by atoms with Crippen LogP contribution in [0.3, 0.4) is 0 Å². The topological polar surface area (TPSA) is 78.5 Å². The summed E-state index contributed by atoms with van der Waals surface area (Å²) in [6, 6.07) is 0.350. The van der Waals surface area contributed by atoms with Gasteiger partial charge in [-0.15, -0.1) is 0 Å². The number of amides is 3. The average Bonchev–Trinajstić information content (AvgIpc) is 2.49. The van der Waals surface area contributed by atoms with Crippen molar-refractivity contribution in [3.8, 4) is 0 Å². The highest BCUT2D eigenvalue weighted by Gasteiger charge is 2.50. The van der Waals surface area contributed by atoms with E-state index in [-0.39, 0.29) is 30.8 Å². The number of carbonyl (C=O) groups excluding carboxylic acids is 3. The van der Waals surface area contributed by atoms with Crippen LogP contribution in [0.1, 0.15) is 39.0 Å². The lowest BCUT2D eigenvalue weighted by Crippen LogP contribution is -2.57. The Morgan fingerprint density at radius 3 is 2.00 bits per heavy atom. The molecule has 0 heterocycles. The molecular weight excluding hydrogens is 294 g/mol. The van der Waals surface area contributed by atoms with E-state index in [1.807, 2.05) is 11.9 Å². The van der Waals surface area contributed by atoms with Crippen molar-refractivity contribution in [1.29, 1.82) is 0 Å². The van der Waals surface area contributed by atoms with E-state index >= 15 is 0 Å². The zero-order valence-corrected chi connectivity index (χ0v) is 14.0. The number of nitrogens with zero attached hydrogens (tertiary/aromatic N) is 1. The number of hydrogen-bond donors (Lipinski definition) is 2. The highest BCUT2D eigenvalue weighted by Crippen LogP contribution is 2.54. The second kappa shape index (κ2) is 6.49. The van der Waals surface area contributed by atoms with Gasteiger partial charge in [-0.2, -0.15) is 0 Å². The molecule has 4 saturated carbocycles. The predicted octanol–water partition coefficient (Wildman–Crippen LogP) is 0.522. The molecule has 0 unspecified atom stereocenters. The van der Waals surface area contributed by atoms with Crippen LogP contribution < -0.4 is 10.6 Å². The fourth-order valence-corrected chi connectivity index (χ4v) is 5.26. The molecule has 0 aromatic carbocycles. The molecule has 0 radical (unpaired) electrons. The van der Waals surface area contributed by atoms with Gasteiger partial charge in [0, 0.05) is 20.0 Å². The van der Waals surface area contributed by atoms with Crippen molar-refractivity contribution in [2.24, 2.45) is 23.7 Å². The first-order valence-corrected chi connectivity index (χ1v) is 8.70. The smallest absolute Gasteiger partial charge is 0.241 e. The third-order valence-electron chi connectivity index (χ3n) is 5.95. The summed E-state index contributed by atoms with van der Waals surface area (Å²) >= 11 is 0. The second-order valence-corrected chi connectivity index (χ2v) is 7.61. The van der Waals surface area contributed by atoms with Gasteiger partial charge in [0.25, 0.3) is 0 Å². The number of likely N-dealkylation sites (N-methyl/N-ethyl adjacent to an activating group) is 1. The molecule has 3 amide bonds. The molecule has 6 heteroatoms. The van der Waals surface area contributed by atoms with Gasteiger partial charge in [0.15, 0.2) is 0 Å². The van der Waals surface area contributed by atoms with Crippen LogP contribution >= 0.6 is 0 Å². The van der Waals surface area contributed by atoms with Gasteiger partial charge in [0.1, 0.15) is 0 Å². The van der Waals surface area contributed by atoms with Crippen molar-refractivity contribution in [3.63, 3.8) is 0 Å². The van der Waals surface area contributed by atoms with Crippen LogP contribution in [0.2, 0.25) is 0 Å². The summed E-state index contributed by atoms with van der Waals surface area (Å²) in [5.41, 5.74) is 0. The molecule has 0 aliphatic heterocycles. The van der Waals surface area contributed by atoms with Crippen molar-refractivity contribution in [1.82, 2.24) is 15.5 Å². The van der Waals surface area contributed by atoms with Crippen LogP contribution in [-0.4, -0.2) is 48.8 Å². The highest BCUT2D eigenvalue weighted by molar-refractivity contribution is 5.87. The number of nitrogens with one attached hydrogen (secondary N) is 2. The zero-order valence-electron chi connectivity index (χ0n) is 14.0. The lowest BCUT2D eigenvalue weighted by atomic mass is 9.54. The van der Waals surface area contributed by atoms with Gasteiger partial charge >= 0.3 is 0 Å². The van der Waals surface area contributed by atoms with Crippen molar-refractivity contribution in [3.05, 3.63) is 0 Å². The van der Waals surface area contributed by atoms with Gasteiger partial charge in [-0.3, -0.25) is 14.4 Å². The first kappa shape index (κ1) is 16.3. The third kappa shape index (κ3) is 3.51. The fraction of sp³-hybridized carbons (Fsp3) is 0.824. The molecule has 23 heavy (non-hydrogen) atoms. The molecule has 4 bridgehead atoms. The quantitative estimate of drug-likeness (QED) is 0.775. The van der Waals surface area contributed by atoms with Crippen LogP contribution in [0.15, 0.2) is 0 Å². The van der Waals surface area contributed by atoms with Crippen LogP contribution in [0.5, 0.6) is 0 Å². The molecule has 0 aromatic rings. The molecule has 4 fully saturated rings. The summed E-state index contributed by atoms with van der Waals surface area (Å²) in [5, 5.41) is 5.02. The Morgan fingerprint density at radius 1 is 0.913 bits per heavy atom. The second-order valence-electron chi connectivity index (χ2n) is 7.61. The van der Waals surface area contributed by atoms with E-state index in [2.05, 4.69) is 10.6 Å². The van der Waals surface area contributed by atoms with E-state index in [0.717, 1.165) is 11.8 Å². The highest BCUT2D eigenvalue weighted by atomic mass is 16.2. The molecule has 2 N–H and O–H groups in total. The maximum atomic E-state index is 12.4. The van der Waals surface area contributed by atoms with E-state index < -0.39 is 0 Å². The van der Waals surface area contributed by atoms with Crippen molar-refractivity contribution >= 4 is 17.7 Å².